The van der Waals surface area contributed by atoms with Crippen molar-refractivity contribution >= 4 is 46.7 Å². The smallest absolute Gasteiger partial charge is 0.258 e. The lowest BCUT2D eigenvalue weighted by atomic mass is 10.2. The van der Waals surface area contributed by atoms with Gasteiger partial charge in [-0.15, -0.1) is 11.8 Å². The molecule has 37 heavy (non-hydrogen) atoms. The average molecular weight is 541 g/mol. The summed E-state index contributed by atoms with van der Waals surface area (Å²) in [5, 5.41) is 16.0. The molecule has 0 radical (unpaired) electrons. The number of aliphatic hydroxyl groups is 1. The van der Waals surface area contributed by atoms with Gasteiger partial charge in [-0.2, -0.15) is 0 Å². The molecule has 3 aromatic rings. The molecule has 0 saturated carbocycles. The number of aliphatic hydroxyl groups excluding tert-OH is 1. The molecule has 2 aromatic heterocycles. The van der Waals surface area contributed by atoms with E-state index in [-0.39, 0.29) is 18.4 Å². The molecule has 0 atom stereocenters. The third-order valence-corrected chi connectivity index (χ3v) is 7.16. The number of piperazine rings is 1. The summed E-state index contributed by atoms with van der Waals surface area (Å²) in [5.41, 5.74) is 2.07. The summed E-state index contributed by atoms with van der Waals surface area (Å²) >= 11 is 7.36. The molecule has 0 spiro atoms. The van der Waals surface area contributed by atoms with Crippen molar-refractivity contribution in [2.75, 3.05) is 56.5 Å². The van der Waals surface area contributed by atoms with Gasteiger partial charge in [-0.25, -0.2) is 9.97 Å². The maximum atomic E-state index is 12.8. The van der Waals surface area contributed by atoms with Gasteiger partial charge in [0.1, 0.15) is 10.8 Å². The summed E-state index contributed by atoms with van der Waals surface area (Å²) in [6.45, 7) is 4.37. The standard InChI is InChI=1S/C26H29ClN6O3S/c27-20-3-5-21(6-4-20)30-25(36)22-2-1-8-29-26(22)37-18-19-7-9-28-23(16-19)31-24(35)17-33-12-10-32(11-13-33)14-15-34/h1-9,16,34H,10-15,17-18H2,(H,30,36)(H,28,31,35). The zero-order valence-electron chi connectivity index (χ0n) is 20.3. The molecule has 1 saturated heterocycles. The number of carbonyl (C=O) groups excluding carboxylic acids is 2. The Morgan fingerprint density at radius 3 is 2.49 bits per heavy atom. The van der Waals surface area contributed by atoms with Gasteiger partial charge < -0.3 is 15.7 Å². The number of hydrogen-bond acceptors (Lipinski definition) is 8. The van der Waals surface area contributed by atoms with Gasteiger partial charge in [0.05, 0.1) is 18.7 Å². The SMILES string of the molecule is O=C(CN1CCN(CCO)CC1)Nc1cc(CSc2ncccc2C(=O)Nc2ccc(Cl)cc2)ccn1. The van der Waals surface area contributed by atoms with Gasteiger partial charge in [0.2, 0.25) is 5.91 Å². The number of thioether (sulfide) groups is 1. The third kappa shape index (κ3) is 8.24. The summed E-state index contributed by atoms with van der Waals surface area (Å²) in [5.74, 6) is 0.677. The number of pyridine rings is 2. The van der Waals surface area contributed by atoms with E-state index < -0.39 is 0 Å². The number of amides is 2. The van der Waals surface area contributed by atoms with Crippen LogP contribution in [0.15, 0.2) is 66.0 Å². The van der Waals surface area contributed by atoms with Crippen LogP contribution in [-0.4, -0.2) is 82.6 Å². The number of anilines is 2. The first kappa shape index (κ1) is 27.0. The Morgan fingerprint density at radius 2 is 1.73 bits per heavy atom. The molecule has 194 valence electrons. The summed E-state index contributed by atoms with van der Waals surface area (Å²) in [4.78, 5) is 38.4. The molecule has 1 aliphatic heterocycles. The van der Waals surface area contributed by atoms with E-state index in [4.69, 9.17) is 16.7 Å². The highest BCUT2D eigenvalue weighted by Crippen LogP contribution is 2.26. The minimum atomic E-state index is -0.252. The predicted octanol–water partition coefficient (Wildman–Crippen LogP) is 3.22. The molecule has 3 heterocycles. The number of nitrogens with zero attached hydrogens (tertiary/aromatic N) is 4. The molecule has 0 bridgehead atoms. The highest BCUT2D eigenvalue weighted by Gasteiger charge is 2.19. The number of rotatable bonds is 10. The number of halogens is 1. The normalized spacial score (nSPS) is 14.3. The quantitative estimate of drug-likeness (QED) is 0.336. The fourth-order valence-corrected chi connectivity index (χ4v) is 4.95. The first-order chi connectivity index (χ1) is 18.0. The largest absolute Gasteiger partial charge is 0.395 e. The lowest BCUT2D eigenvalue weighted by molar-refractivity contribution is -0.117. The summed E-state index contributed by atoms with van der Waals surface area (Å²) in [7, 11) is 0. The number of carbonyl (C=O) groups is 2. The third-order valence-electron chi connectivity index (χ3n) is 5.83. The van der Waals surface area contributed by atoms with Crippen molar-refractivity contribution < 1.29 is 14.7 Å². The van der Waals surface area contributed by atoms with E-state index in [1.165, 1.54) is 11.8 Å². The van der Waals surface area contributed by atoms with E-state index in [0.29, 0.717) is 46.0 Å². The van der Waals surface area contributed by atoms with Crippen LogP contribution in [0.25, 0.3) is 0 Å². The van der Waals surface area contributed by atoms with Gasteiger partial charge in [0.25, 0.3) is 5.91 Å². The number of nitrogens with one attached hydrogen (secondary N) is 2. The van der Waals surface area contributed by atoms with Crippen LogP contribution in [0.4, 0.5) is 11.5 Å². The first-order valence-corrected chi connectivity index (χ1v) is 13.3. The molecule has 1 aromatic carbocycles. The van der Waals surface area contributed by atoms with Gasteiger partial charge in [0, 0.05) is 61.6 Å². The summed E-state index contributed by atoms with van der Waals surface area (Å²) < 4.78 is 0. The lowest BCUT2D eigenvalue weighted by Crippen LogP contribution is -2.49. The highest BCUT2D eigenvalue weighted by molar-refractivity contribution is 7.98. The molecular formula is C26H29ClN6O3S. The zero-order chi connectivity index (χ0) is 26.0. The summed E-state index contributed by atoms with van der Waals surface area (Å²) in [6.07, 6.45) is 3.31. The van der Waals surface area contributed by atoms with Crippen LogP contribution >= 0.6 is 23.4 Å². The van der Waals surface area contributed by atoms with Crippen LogP contribution in [-0.2, 0) is 10.5 Å². The monoisotopic (exact) mass is 540 g/mol. The van der Waals surface area contributed by atoms with E-state index >= 15 is 0 Å². The van der Waals surface area contributed by atoms with Crippen molar-refractivity contribution in [3.63, 3.8) is 0 Å². The molecule has 0 unspecified atom stereocenters. The van der Waals surface area contributed by atoms with Crippen molar-refractivity contribution in [2.24, 2.45) is 0 Å². The number of benzene rings is 1. The Morgan fingerprint density at radius 1 is 0.973 bits per heavy atom. The fraction of sp³-hybridized carbons (Fsp3) is 0.308. The van der Waals surface area contributed by atoms with Crippen LogP contribution in [0.5, 0.6) is 0 Å². The van der Waals surface area contributed by atoms with Crippen molar-refractivity contribution in [1.82, 2.24) is 19.8 Å². The molecule has 0 aliphatic carbocycles. The van der Waals surface area contributed by atoms with Crippen molar-refractivity contribution in [3.8, 4) is 0 Å². The average Bonchev–Trinajstić information content (AvgIpc) is 2.90. The molecule has 4 rings (SSSR count). The van der Waals surface area contributed by atoms with Crippen LogP contribution < -0.4 is 10.6 Å². The Bertz CT molecular complexity index is 1200. The Hall–Kier alpha value is -3.02. The van der Waals surface area contributed by atoms with Crippen LogP contribution in [0, 0.1) is 0 Å². The minimum absolute atomic E-state index is 0.112. The second-order valence-electron chi connectivity index (χ2n) is 8.54. The number of β-amino-alcohol motifs (C(OH)–C–C–N with tert-alkyl or cyclic N) is 1. The Balaban J connectivity index is 1.31. The van der Waals surface area contributed by atoms with Crippen molar-refractivity contribution in [2.45, 2.75) is 10.8 Å². The van der Waals surface area contributed by atoms with E-state index in [9.17, 15) is 9.59 Å². The van der Waals surface area contributed by atoms with E-state index in [1.807, 2.05) is 12.1 Å². The van der Waals surface area contributed by atoms with E-state index in [0.717, 1.165) is 31.7 Å². The molecular weight excluding hydrogens is 512 g/mol. The van der Waals surface area contributed by atoms with Gasteiger partial charge in [0.15, 0.2) is 0 Å². The second-order valence-corrected chi connectivity index (χ2v) is 9.95. The van der Waals surface area contributed by atoms with Crippen LogP contribution in [0.1, 0.15) is 15.9 Å². The zero-order valence-corrected chi connectivity index (χ0v) is 21.8. The van der Waals surface area contributed by atoms with Gasteiger partial charge in [-0.3, -0.25) is 19.4 Å². The Labute approximate surface area is 225 Å². The predicted molar refractivity (Wildman–Crippen MR) is 146 cm³/mol. The second kappa shape index (κ2) is 13.5. The van der Waals surface area contributed by atoms with E-state index in [2.05, 4.69) is 30.4 Å². The van der Waals surface area contributed by atoms with Crippen molar-refractivity contribution in [1.29, 1.82) is 0 Å². The molecule has 1 aliphatic rings. The number of aromatic nitrogens is 2. The maximum Gasteiger partial charge on any atom is 0.258 e. The summed E-state index contributed by atoms with van der Waals surface area (Å²) in [6, 6.07) is 14.1. The minimum Gasteiger partial charge on any atom is -0.395 e. The van der Waals surface area contributed by atoms with Gasteiger partial charge in [-0.1, -0.05) is 11.6 Å². The maximum absolute atomic E-state index is 12.8. The molecule has 2 amide bonds. The molecule has 11 heteroatoms. The van der Waals surface area contributed by atoms with Gasteiger partial charge in [-0.05, 0) is 54.1 Å². The van der Waals surface area contributed by atoms with Gasteiger partial charge >= 0.3 is 0 Å². The highest BCUT2D eigenvalue weighted by atomic mass is 35.5. The van der Waals surface area contributed by atoms with Crippen LogP contribution in [0.2, 0.25) is 5.02 Å². The molecule has 1 fully saturated rings. The van der Waals surface area contributed by atoms with Crippen molar-refractivity contribution in [3.05, 3.63) is 77.1 Å². The first-order valence-electron chi connectivity index (χ1n) is 12.0. The van der Waals surface area contributed by atoms with E-state index in [1.54, 1.807) is 48.8 Å². The Kier molecular flexibility index (Phi) is 9.86. The molecule has 3 N–H and O–H groups in total. The fourth-order valence-electron chi connectivity index (χ4n) is 3.89. The lowest BCUT2D eigenvalue weighted by Gasteiger charge is -2.33. The molecule has 9 nitrogen and oxygen atoms in total. The van der Waals surface area contributed by atoms with Crippen LogP contribution in [0.3, 0.4) is 0 Å². The number of hydrogen-bond donors (Lipinski definition) is 3. The topological polar surface area (TPSA) is 111 Å².